The molecule has 0 aliphatic rings. The summed E-state index contributed by atoms with van der Waals surface area (Å²) in [5.74, 6) is 0.389. The minimum Gasteiger partial charge on any atom is -0.489 e. The van der Waals surface area contributed by atoms with Crippen LogP contribution in [0, 0.1) is 5.82 Å². The zero-order valence-corrected chi connectivity index (χ0v) is 14.7. The van der Waals surface area contributed by atoms with Crippen molar-refractivity contribution in [3.63, 3.8) is 0 Å². The first-order valence-corrected chi connectivity index (χ1v) is 8.56. The summed E-state index contributed by atoms with van der Waals surface area (Å²) < 4.78 is 19.2. The van der Waals surface area contributed by atoms with Crippen molar-refractivity contribution >= 4 is 11.6 Å². The number of para-hydroxylation sites is 2. The minimum absolute atomic E-state index is 0.0399. The van der Waals surface area contributed by atoms with E-state index in [0.29, 0.717) is 42.9 Å². The number of amides is 1. The standard InChI is InChI=1S/C20H25FN2O2/c1-15(2)25-19-10-6-5-9-18(19)23-20(24)12-14-22-13-11-16-7-3-4-8-17(16)21/h3-10,15,22H,11-14H2,1-2H3,(H,23,24). The summed E-state index contributed by atoms with van der Waals surface area (Å²) in [6.45, 7) is 5.05. The summed E-state index contributed by atoms with van der Waals surface area (Å²) in [6.07, 6.45) is 0.977. The third kappa shape index (κ3) is 6.55. The van der Waals surface area contributed by atoms with Crippen LogP contribution in [0.2, 0.25) is 0 Å². The Morgan fingerprint density at radius 1 is 1.08 bits per heavy atom. The fourth-order valence-corrected chi connectivity index (χ4v) is 2.39. The number of halogens is 1. The van der Waals surface area contributed by atoms with Gasteiger partial charge in [0.1, 0.15) is 11.6 Å². The van der Waals surface area contributed by atoms with Crippen molar-refractivity contribution in [3.05, 3.63) is 59.9 Å². The topological polar surface area (TPSA) is 50.4 Å². The number of benzene rings is 2. The van der Waals surface area contributed by atoms with Crippen LogP contribution in [0.5, 0.6) is 5.75 Å². The number of carbonyl (C=O) groups is 1. The molecule has 0 unspecified atom stereocenters. The van der Waals surface area contributed by atoms with Gasteiger partial charge in [-0.3, -0.25) is 4.79 Å². The third-order valence-corrected chi connectivity index (χ3v) is 3.58. The molecule has 0 radical (unpaired) electrons. The highest BCUT2D eigenvalue weighted by Crippen LogP contribution is 2.24. The summed E-state index contributed by atoms with van der Waals surface area (Å²) in [5, 5.41) is 6.04. The minimum atomic E-state index is -0.191. The van der Waals surface area contributed by atoms with Crippen molar-refractivity contribution in [1.29, 1.82) is 0 Å². The average molecular weight is 344 g/mol. The number of rotatable bonds is 9. The van der Waals surface area contributed by atoms with Gasteiger partial charge in [0.15, 0.2) is 0 Å². The Kier molecular flexibility index (Phi) is 7.41. The first kappa shape index (κ1) is 18.9. The molecule has 25 heavy (non-hydrogen) atoms. The van der Waals surface area contributed by atoms with Crippen LogP contribution in [0.1, 0.15) is 25.8 Å². The number of hydrogen-bond acceptors (Lipinski definition) is 3. The van der Waals surface area contributed by atoms with E-state index in [1.807, 2.05) is 44.2 Å². The SMILES string of the molecule is CC(C)Oc1ccccc1NC(=O)CCNCCc1ccccc1F. The highest BCUT2D eigenvalue weighted by Gasteiger charge is 2.08. The van der Waals surface area contributed by atoms with Gasteiger partial charge in [-0.25, -0.2) is 4.39 Å². The normalized spacial score (nSPS) is 10.7. The van der Waals surface area contributed by atoms with Crippen LogP contribution in [0.3, 0.4) is 0 Å². The molecule has 2 aromatic rings. The largest absolute Gasteiger partial charge is 0.489 e. The van der Waals surface area contributed by atoms with Gasteiger partial charge in [0, 0.05) is 13.0 Å². The molecular formula is C20H25FN2O2. The molecule has 0 heterocycles. The van der Waals surface area contributed by atoms with Gasteiger partial charge in [-0.2, -0.15) is 0 Å². The van der Waals surface area contributed by atoms with Gasteiger partial charge in [0.2, 0.25) is 5.91 Å². The van der Waals surface area contributed by atoms with Crippen LogP contribution in [-0.4, -0.2) is 25.1 Å². The molecule has 2 rings (SSSR count). The van der Waals surface area contributed by atoms with Crippen molar-refractivity contribution in [3.8, 4) is 5.75 Å². The van der Waals surface area contributed by atoms with Crippen molar-refractivity contribution < 1.29 is 13.9 Å². The zero-order chi connectivity index (χ0) is 18.1. The molecule has 0 saturated heterocycles. The van der Waals surface area contributed by atoms with E-state index in [1.165, 1.54) is 6.07 Å². The lowest BCUT2D eigenvalue weighted by molar-refractivity contribution is -0.116. The Hall–Kier alpha value is -2.40. The van der Waals surface area contributed by atoms with E-state index in [0.717, 1.165) is 0 Å². The summed E-state index contributed by atoms with van der Waals surface area (Å²) >= 11 is 0. The molecule has 0 fully saturated rings. The molecular weight excluding hydrogens is 319 g/mol. The molecule has 0 saturated carbocycles. The van der Waals surface area contributed by atoms with E-state index < -0.39 is 0 Å². The van der Waals surface area contributed by atoms with Crippen molar-refractivity contribution in [1.82, 2.24) is 5.32 Å². The highest BCUT2D eigenvalue weighted by molar-refractivity contribution is 5.92. The predicted octanol–water partition coefficient (Wildman–Crippen LogP) is 3.77. The molecule has 0 spiro atoms. The Bertz CT molecular complexity index is 689. The Morgan fingerprint density at radius 2 is 1.80 bits per heavy atom. The Balaban J connectivity index is 1.72. The molecule has 0 aromatic heterocycles. The van der Waals surface area contributed by atoms with E-state index in [9.17, 15) is 9.18 Å². The molecule has 0 atom stereocenters. The number of carbonyl (C=O) groups excluding carboxylic acids is 1. The maximum atomic E-state index is 13.5. The fraction of sp³-hybridized carbons (Fsp3) is 0.350. The molecule has 4 nitrogen and oxygen atoms in total. The summed E-state index contributed by atoms with van der Waals surface area (Å²) in [4.78, 5) is 12.1. The molecule has 0 aliphatic heterocycles. The second-order valence-electron chi connectivity index (χ2n) is 6.05. The molecule has 134 valence electrons. The first-order valence-electron chi connectivity index (χ1n) is 8.56. The van der Waals surface area contributed by atoms with Crippen molar-refractivity contribution in [2.75, 3.05) is 18.4 Å². The third-order valence-electron chi connectivity index (χ3n) is 3.58. The maximum absolute atomic E-state index is 13.5. The lowest BCUT2D eigenvalue weighted by Crippen LogP contribution is -2.24. The average Bonchev–Trinajstić information content (AvgIpc) is 2.57. The van der Waals surface area contributed by atoms with Crippen LogP contribution >= 0.6 is 0 Å². The Morgan fingerprint density at radius 3 is 2.56 bits per heavy atom. The lowest BCUT2D eigenvalue weighted by atomic mass is 10.1. The molecule has 0 aliphatic carbocycles. The van der Waals surface area contributed by atoms with Gasteiger partial charge in [0.05, 0.1) is 11.8 Å². The monoisotopic (exact) mass is 344 g/mol. The van der Waals surface area contributed by atoms with E-state index >= 15 is 0 Å². The fourth-order valence-electron chi connectivity index (χ4n) is 2.39. The lowest BCUT2D eigenvalue weighted by Gasteiger charge is -2.14. The zero-order valence-electron chi connectivity index (χ0n) is 14.7. The number of hydrogen-bond donors (Lipinski definition) is 2. The van der Waals surface area contributed by atoms with Crippen LogP contribution in [-0.2, 0) is 11.2 Å². The van der Waals surface area contributed by atoms with E-state index in [1.54, 1.807) is 12.1 Å². The van der Waals surface area contributed by atoms with Gasteiger partial charge < -0.3 is 15.4 Å². The van der Waals surface area contributed by atoms with E-state index in [2.05, 4.69) is 10.6 Å². The summed E-state index contributed by atoms with van der Waals surface area (Å²) in [6, 6.07) is 14.1. The van der Waals surface area contributed by atoms with E-state index in [-0.39, 0.29) is 17.8 Å². The molecule has 2 N–H and O–H groups in total. The van der Waals surface area contributed by atoms with Crippen LogP contribution < -0.4 is 15.4 Å². The van der Waals surface area contributed by atoms with Crippen molar-refractivity contribution in [2.24, 2.45) is 0 Å². The summed E-state index contributed by atoms with van der Waals surface area (Å²) in [5.41, 5.74) is 1.35. The molecule has 1 amide bonds. The second kappa shape index (κ2) is 9.79. The Labute approximate surface area is 148 Å². The van der Waals surface area contributed by atoms with Gasteiger partial charge in [-0.15, -0.1) is 0 Å². The van der Waals surface area contributed by atoms with Crippen LogP contribution in [0.25, 0.3) is 0 Å². The quantitative estimate of drug-likeness (QED) is 0.681. The van der Waals surface area contributed by atoms with Crippen LogP contribution in [0.4, 0.5) is 10.1 Å². The highest BCUT2D eigenvalue weighted by atomic mass is 19.1. The van der Waals surface area contributed by atoms with Crippen molar-refractivity contribution in [2.45, 2.75) is 32.8 Å². The van der Waals surface area contributed by atoms with Gasteiger partial charge in [-0.05, 0) is 50.6 Å². The maximum Gasteiger partial charge on any atom is 0.225 e. The second-order valence-corrected chi connectivity index (χ2v) is 6.05. The smallest absolute Gasteiger partial charge is 0.225 e. The number of anilines is 1. The molecule has 2 aromatic carbocycles. The molecule has 0 bridgehead atoms. The van der Waals surface area contributed by atoms with Gasteiger partial charge in [-0.1, -0.05) is 30.3 Å². The predicted molar refractivity (Wildman–Crippen MR) is 98.4 cm³/mol. The van der Waals surface area contributed by atoms with E-state index in [4.69, 9.17) is 4.74 Å². The first-order chi connectivity index (χ1) is 12.1. The summed E-state index contributed by atoms with van der Waals surface area (Å²) in [7, 11) is 0. The molecule has 5 heteroatoms. The number of ether oxygens (including phenoxy) is 1. The van der Waals surface area contributed by atoms with Crippen LogP contribution in [0.15, 0.2) is 48.5 Å². The van der Waals surface area contributed by atoms with Gasteiger partial charge in [0.25, 0.3) is 0 Å². The van der Waals surface area contributed by atoms with Gasteiger partial charge >= 0.3 is 0 Å². The number of nitrogens with one attached hydrogen (secondary N) is 2.